The standard InChI is InChI=1S/C28H32/c1-17(2)24-15-21(14-19(5)27(24)18(3)4)20-12-13-23-22-10-8-9-11-25(22)28(6,7)26(23)16-20/h8-18H,1-7H3. The summed E-state index contributed by atoms with van der Waals surface area (Å²) in [6, 6.07) is 20.8. The van der Waals surface area contributed by atoms with E-state index in [2.05, 4.69) is 103 Å². The van der Waals surface area contributed by atoms with E-state index in [1.54, 1.807) is 0 Å². The third-order valence-electron chi connectivity index (χ3n) is 6.54. The lowest BCUT2D eigenvalue weighted by Gasteiger charge is -2.23. The maximum Gasteiger partial charge on any atom is 0.0159 e. The Kier molecular flexibility index (Phi) is 4.49. The first-order valence-electron chi connectivity index (χ1n) is 10.6. The molecule has 0 aromatic heterocycles. The summed E-state index contributed by atoms with van der Waals surface area (Å²) >= 11 is 0. The van der Waals surface area contributed by atoms with Gasteiger partial charge in [0.05, 0.1) is 0 Å². The molecule has 3 aromatic carbocycles. The molecule has 0 heterocycles. The highest BCUT2D eigenvalue weighted by atomic mass is 14.4. The molecule has 0 amide bonds. The van der Waals surface area contributed by atoms with Crippen molar-refractivity contribution in [2.75, 3.05) is 0 Å². The van der Waals surface area contributed by atoms with Gasteiger partial charge in [-0.2, -0.15) is 0 Å². The Labute approximate surface area is 170 Å². The summed E-state index contributed by atoms with van der Waals surface area (Å²) in [6.07, 6.45) is 0. The summed E-state index contributed by atoms with van der Waals surface area (Å²) in [5, 5.41) is 0. The zero-order chi connectivity index (χ0) is 20.2. The van der Waals surface area contributed by atoms with Gasteiger partial charge in [-0.15, -0.1) is 0 Å². The smallest absolute Gasteiger partial charge is 0.0159 e. The topological polar surface area (TPSA) is 0 Å². The molecule has 0 heteroatoms. The second-order valence-electron chi connectivity index (χ2n) is 9.54. The summed E-state index contributed by atoms with van der Waals surface area (Å²) in [7, 11) is 0. The van der Waals surface area contributed by atoms with Crippen LogP contribution in [-0.2, 0) is 5.41 Å². The minimum absolute atomic E-state index is 0.0513. The van der Waals surface area contributed by atoms with Crippen molar-refractivity contribution < 1.29 is 0 Å². The first-order valence-corrected chi connectivity index (χ1v) is 10.6. The van der Waals surface area contributed by atoms with Gasteiger partial charge in [-0.25, -0.2) is 0 Å². The number of hydrogen-bond acceptors (Lipinski definition) is 0. The van der Waals surface area contributed by atoms with Crippen LogP contribution in [0.4, 0.5) is 0 Å². The normalized spacial score (nSPS) is 14.5. The maximum absolute atomic E-state index is 2.43. The lowest BCUT2D eigenvalue weighted by atomic mass is 9.81. The van der Waals surface area contributed by atoms with Gasteiger partial charge < -0.3 is 0 Å². The predicted molar refractivity (Wildman–Crippen MR) is 122 cm³/mol. The summed E-state index contributed by atoms with van der Waals surface area (Å²) in [6.45, 7) is 16.2. The highest BCUT2D eigenvalue weighted by Crippen LogP contribution is 2.49. The number of aryl methyl sites for hydroxylation is 1. The molecule has 0 spiro atoms. The van der Waals surface area contributed by atoms with Crippen LogP contribution in [0.1, 0.15) is 81.2 Å². The molecular formula is C28H32. The quantitative estimate of drug-likeness (QED) is 0.437. The van der Waals surface area contributed by atoms with E-state index in [1.807, 2.05) is 0 Å². The van der Waals surface area contributed by atoms with Crippen molar-refractivity contribution in [1.29, 1.82) is 0 Å². The van der Waals surface area contributed by atoms with Crippen molar-refractivity contribution in [2.45, 2.75) is 65.7 Å². The van der Waals surface area contributed by atoms with Crippen LogP contribution in [-0.4, -0.2) is 0 Å². The van der Waals surface area contributed by atoms with E-state index in [0.717, 1.165) is 0 Å². The molecule has 1 aliphatic rings. The third kappa shape index (κ3) is 2.82. The van der Waals surface area contributed by atoms with Crippen molar-refractivity contribution >= 4 is 0 Å². The fourth-order valence-electron chi connectivity index (χ4n) is 5.14. The van der Waals surface area contributed by atoms with Gasteiger partial charge in [0.25, 0.3) is 0 Å². The monoisotopic (exact) mass is 368 g/mol. The zero-order valence-corrected chi connectivity index (χ0v) is 18.4. The lowest BCUT2D eigenvalue weighted by Crippen LogP contribution is -2.14. The number of fused-ring (bicyclic) bond motifs is 3. The van der Waals surface area contributed by atoms with Gasteiger partial charge in [0.15, 0.2) is 0 Å². The van der Waals surface area contributed by atoms with Gasteiger partial charge in [-0.3, -0.25) is 0 Å². The molecule has 0 saturated carbocycles. The molecular weight excluding hydrogens is 336 g/mol. The van der Waals surface area contributed by atoms with Gasteiger partial charge in [0.2, 0.25) is 0 Å². The van der Waals surface area contributed by atoms with Gasteiger partial charge in [0, 0.05) is 5.41 Å². The van der Waals surface area contributed by atoms with E-state index in [4.69, 9.17) is 0 Å². The highest BCUT2D eigenvalue weighted by Gasteiger charge is 2.35. The van der Waals surface area contributed by atoms with E-state index < -0.39 is 0 Å². The van der Waals surface area contributed by atoms with E-state index in [0.29, 0.717) is 11.8 Å². The van der Waals surface area contributed by atoms with Crippen LogP contribution < -0.4 is 0 Å². The molecule has 0 saturated heterocycles. The largest absolute Gasteiger partial charge is 0.0619 e. The Morgan fingerprint density at radius 1 is 0.679 bits per heavy atom. The van der Waals surface area contributed by atoms with Crippen LogP contribution in [0.3, 0.4) is 0 Å². The average molecular weight is 369 g/mol. The Bertz CT molecular complexity index is 1050. The van der Waals surface area contributed by atoms with Gasteiger partial charge >= 0.3 is 0 Å². The minimum atomic E-state index is 0.0513. The summed E-state index contributed by atoms with van der Waals surface area (Å²) < 4.78 is 0. The fraction of sp³-hybridized carbons (Fsp3) is 0.357. The molecule has 1 aliphatic carbocycles. The van der Waals surface area contributed by atoms with Gasteiger partial charge in [-0.1, -0.05) is 90.1 Å². The average Bonchev–Trinajstić information content (AvgIpc) is 2.88. The lowest BCUT2D eigenvalue weighted by molar-refractivity contribution is 0.660. The fourth-order valence-corrected chi connectivity index (χ4v) is 5.14. The number of rotatable bonds is 3. The molecule has 3 aromatic rings. The van der Waals surface area contributed by atoms with Crippen molar-refractivity contribution in [1.82, 2.24) is 0 Å². The van der Waals surface area contributed by atoms with Crippen molar-refractivity contribution in [3.63, 3.8) is 0 Å². The molecule has 0 fully saturated rings. The van der Waals surface area contributed by atoms with E-state index >= 15 is 0 Å². The highest BCUT2D eigenvalue weighted by molar-refractivity contribution is 5.83. The van der Waals surface area contributed by atoms with Crippen LogP contribution in [0.15, 0.2) is 54.6 Å². The van der Waals surface area contributed by atoms with Crippen LogP contribution >= 0.6 is 0 Å². The zero-order valence-electron chi connectivity index (χ0n) is 18.4. The Morgan fingerprint density at radius 3 is 2.04 bits per heavy atom. The molecule has 0 atom stereocenters. The van der Waals surface area contributed by atoms with E-state index in [-0.39, 0.29) is 5.41 Å². The first-order chi connectivity index (χ1) is 13.2. The molecule has 28 heavy (non-hydrogen) atoms. The molecule has 0 N–H and O–H groups in total. The Morgan fingerprint density at radius 2 is 1.36 bits per heavy atom. The first kappa shape index (κ1) is 19.0. The van der Waals surface area contributed by atoms with Crippen molar-refractivity contribution in [2.24, 2.45) is 0 Å². The second kappa shape index (κ2) is 6.62. The summed E-state index contributed by atoms with van der Waals surface area (Å²) in [5.41, 5.74) is 12.8. The molecule has 0 radical (unpaired) electrons. The Balaban J connectivity index is 1.89. The molecule has 144 valence electrons. The molecule has 0 bridgehead atoms. The summed E-state index contributed by atoms with van der Waals surface area (Å²) in [4.78, 5) is 0. The Hall–Kier alpha value is -2.34. The SMILES string of the molecule is Cc1cc(-c2ccc3c(c2)C(C)(C)c2ccccc2-3)cc(C(C)C)c1C(C)C. The summed E-state index contributed by atoms with van der Waals surface area (Å²) in [5.74, 6) is 1.09. The van der Waals surface area contributed by atoms with Gasteiger partial charge in [0.1, 0.15) is 0 Å². The van der Waals surface area contributed by atoms with Crippen molar-refractivity contribution in [3.05, 3.63) is 82.4 Å². The van der Waals surface area contributed by atoms with E-state index in [9.17, 15) is 0 Å². The van der Waals surface area contributed by atoms with E-state index in [1.165, 1.54) is 50.1 Å². The number of hydrogen-bond donors (Lipinski definition) is 0. The van der Waals surface area contributed by atoms with Crippen LogP contribution in [0.25, 0.3) is 22.3 Å². The molecule has 0 unspecified atom stereocenters. The molecule has 4 rings (SSSR count). The maximum atomic E-state index is 2.43. The van der Waals surface area contributed by atoms with Crippen LogP contribution in [0.5, 0.6) is 0 Å². The van der Waals surface area contributed by atoms with Crippen LogP contribution in [0.2, 0.25) is 0 Å². The third-order valence-corrected chi connectivity index (χ3v) is 6.54. The number of benzene rings is 3. The molecule has 0 nitrogen and oxygen atoms in total. The van der Waals surface area contributed by atoms with Crippen LogP contribution in [0, 0.1) is 6.92 Å². The minimum Gasteiger partial charge on any atom is -0.0619 e. The predicted octanol–water partition coefficient (Wildman–Crippen LogP) is 8.22. The van der Waals surface area contributed by atoms with Gasteiger partial charge in [-0.05, 0) is 74.9 Å². The van der Waals surface area contributed by atoms with Crippen molar-refractivity contribution in [3.8, 4) is 22.3 Å². The molecule has 0 aliphatic heterocycles. The second-order valence-corrected chi connectivity index (χ2v) is 9.54.